The molecule has 6 atom stereocenters. The maximum absolute atomic E-state index is 4.69. The second-order valence-electron chi connectivity index (χ2n) is 4.02. The SMILES string of the molecule is SC12C3CC4C(C41)C32. The first kappa shape index (κ1) is 3.50. The monoisotopic (exact) mass is 124 g/mol. The summed E-state index contributed by atoms with van der Waals surface area (Å²) in [5.74, 6) is 5.74. The van der Waals surface area contributed by atoms with E-state index in [1.54, 1.807) is 6.42 Å². The quantitative estimate of drug-likeness (QED) is 0.461. The molecular weight excluding hydrogens is 116 g/mol. The first-order chi connectivity index (χ1) is 3.85. The van der Waals surface area contributed by atoms with Crippen LogP contribution in [0.1, 0.15) is 6.42 Å². The fourth-order valence-electron chi connectivity index (χ4n) is 3.90. The summed E-state index contributed by atoms with van der Waals surface area (Å²) in [4.78, 5) is 0. The maximum atomic E-state index is 4.69. The van der Waals surface area contributed by atoms with Gasteiger partial charge in [-0.15, -0.1) is 0 Å². The molecule has 2 bridgehead atoms. The van der Waals surface area contributed by atoms with Gasteiger partial charge in [-0.2, -0.15) is 12.6 Å². The van der Waals surface area contributed by atoms with Gasteiger partial charge >= 0.3 is 0 Å². The van der Waals surface area contributed by atoms with E-state index in [4.69, 9.17) is 0 Å². The zero-order valence-electron chi connectivity index (χ0n) is 4.54. The Balaban J connectivity index is 2.12. The molecule has 0 nitrogen and oxygen atoms in total. The number of thiol groups is 1. The number of rotatable bonds is 0. The minimum atomic E-state index is 0.648. The molecule has 0 saturated heterocycles. The summed E-state index contributed by atoms with van der Waals surface area (Å²) >= 11 is 4.69. The summed E-state index contributed by atoms with van der Waals surface area (Å²) < 4.78 is 0.648. The van der Waals surface area contributed by atoms with Crippen LogP contribution in [-0.2, 0) is 0 Å². The molecule has 5 fully saturated rings. The van der Waals surface area contributed by atoms with Gasteiger partial charge in [0.25, 0.3) is 0 Å². The lowest BCUT2D eigenvalue weighted by Gasteiger charge is -2.16. The van der Waals surface area contributed by atoms with E-state index >= 15 is 0 Å². The maximum Gasteiger partial charge on any atom is 0.0229 e. The van der Waals surface area contributed by atoms with Gasteiger partial charge in [-0.1, -0.05) is 0 Å². The molecule has 0 spiro atoms. The molecule has 8 heavy (non-hydrogen) atoms. The van der Waals surface area contributed by atoms with Gasteiger partial charge in [0.2, 0.25) is 0 Å². The van der Waals surface area contributed by atoms with Crippen molar-refractivity contribution in [2.75, 3.05) is 0 Å². The van der Waals surface area contributed by atoms with Crippen LogP contribution in [0.3, 0.4) is 0 Å². The smallest absolute Gasteiger partial charge is 0.0229 e. The molecule has 5 aliphatic rings. The number of hydrogen-bond acceptors (Lipinski definition) is 1. The van der Waals surface area contributed by atoms with Crippen molar-refractivity contribution in [3.63, 3.8) is 0 Å². The molecule has 0 aromatic heterocycles. The molecule has 5 rings (SSSR count). The summed E-state index contributed by atoms with van der Waals surface area (Å²) in [6.45, 7) is 0. The van der Waals surface area contributed by atoms with Gasteiger partial charge < -0.3 is 0 Å². The van der Waals surface area contributed by atoms with E-state index in [1.807, 2.05) is 0 Å². The molecule has 5 saturated carbocycles. The third-order valence-electron chi connectivity index (χ3n) is 4.16. The third kappa shape index (κ3) is 0.124. The highest BCUT2D eigenvalue weighted by Gasteiger charge is 2.95. The van der Waals surface area contributed by atoms with Crippen molar-refractivity contribution in [1.82, 2.24) is 0 Å². The minimum absolute atomic E-state index is 0.648. The van der Waals surface area contributed by atoms with E-state index in [9.17, 15) is 0 Å². The zero-order valence-corrected chi connectivity index (χ0v) is 5.44. The average molecular weight is 124 g/mol. The van der Waals surface area contributed by atoms with Crippen LogP contribution >= 0.6 is 12.6 Å². The fraction of sp³-hybridized carbons (Fsp3) is 1.00. The van der Waals surface area contributed by atoms with Crippen molar-refractivity contribution in [3.8, 4) is 0 Å². The molecule has 42 valence electrons. The minimum Gasteiger partial charge on any atom is -0.172 e. The molecule has 1 heteroatoms. The lowest BCUT2D eigenvalue weighted by molar-refractivity contribution is 0.470. The van der Waals surface area contributed by atoms with Crippen molar-refractivity contribution >= 4 is 12.6 Å². The molecule has 5 aliphatic carbocycles. The molecule has 6 unspecified atom stereocenters. The van der Waals surface area contributed by atoms with Gasteiger partial charge in [0.15, 0.2) is 0 Å². The predicted octanol–water partition coefficient (Wildman–Crippen LogP) is 1.18. The van der Waals surface area contributed by atoms with Gasteiger partial charge in [0, 0.05) is 4.75 Å². The summed E-state index contributed by atoms with van der Waals surface area (Å²) in [7, 11) is 0. The highest BCUT2D eigenvalue weighted by atomic mass is 32.1. The van der Waals surface area contributed by atoms with Crippen LogP contribution in [0, 0.1) is 29.6 Å². The zero-order chi connectivity index (χ0) is 5.09. The van der Waals surface area contributed by atoms with Gasteiger partial charge in [-0.05, 0) is 36.0 Å². The van der Waals surface area contributed by atoms with Crippen LogP contribution in [0.4, 0.5) is 0 Å². The van der Waals surface area contributed by atoms with Crippen molar-refractivity contribution in [1.29, 1.82) is 0 Å². The Morgan fingerprint density at radius 3 is 2.38 bits per heavy atom. The molecule has 0 aliphatic heterocycles. The van der Waals surface area contributed by atoms with Gasteiger partial charge in [-0.25, -0.2) is 0 Å². The molecule has 0 aromatic carbocycles. The van der Waals surface area contributed by atoms with Gasteiger partial charge in [0.1, 0.15) is 0 Å². The van der Waals surface area contributed by atoms with Crippen LogP contribution in [0.15, 0.2) is 0 Å². The second kappa shape index (κ2) is 0.593. The van der Waals surface area contributed by atoms with E-state index in [2.05, 4.69) is 12.6 Å². The fourth-order valence-corrected chi connectivity index (χ4v) is 4.80. The van der Waals surface area contributed by atoms with E-state index in [1.165, 1.54) is 11.8 Å². The molecule has 0 radical (unpaired) electrons. The van der Waals surface area contributed by atoms with Crippen molar-refractivity contribution in [3.05, 3.63) is 0 Å². The molecular formula is C7H8S. The lowest BCUT2D eigenvalue weighted by atomic mass is 10.0. The summed E-state index contributed by atoms with van der Waals surface area (Å²) in [6, 6.07) is 0. The van der Waals surface area contributed by atoms with Crippen LogP contribution in [0.25, 0.3) is 0 Å². The van der Waals surface area contributed by atoms with E-state index in [0.717, 1.165) is 17.8 Å². The summed E-state index contributed by atoms with van der Waals surface area (Å²) in [5.41, 5.74) is 0. The van der Waals surface area contributed by atoms with E-state index in [0.29, 0.717) is 4.75 Å². The second-order valence-corrected chi connectivity index (χ2v) is 4.80. The highest BCUT2D eigenvalue weighted by Crippen LogP contribution is 2.96. The van der Waals surface area contributed by atoms with E-state index < -0.39 is 0 Å². The lowest BCUT2D eigenvalue weighted by Crippen LogP contribution is -2.18. The van der Waals surface area contributed by atoms with Crippen LogP contribution in [-0.4, -0.2) is 4.75 Å². The Morgan fingerprint density at radius 1 is 1.38 bits per heavy atom. The summed E-state index contributed by atoms with van der Waals surface area (Å²) in [5, 5.41) is 0. The van der Waals surface area contributed by atoms with Crippen molar-refractivity contribution in [2.24, 2.45) is 29.6 Å². The van der Waals surface area contributed by atoms with Crippen molar-refractivity contribution < 1.29 is 0 Å². The first-order valence-electron chi connectivity index (χ1n) is 3.57. The predicted molar refractivity (Wildman–Crippen MR) is 33.8 cm³/mol. The molecule has 0 amide bonds. The molecule has 0 N–H and O–H groups in total. The Kier molecular flexibility index (Phi) is 0.260. The first-order valence-corrected chi connectivity index (χ1v) is 4.02. The van der Waals surface area contributed by atoms with Gasteiger partial charge in [0.05, 0.1) is 0 Å². The normalized spacial score (nSPS) is 94.9. The third-order valence-corrected chi connectivity index (χ3v) is 5.08. The van der Waals surface area contributed by atoms with Crippen LogP contribution < -0.4 is 0 Å². The Labute approximate surface area is 54.1 Å². The average Bonchev–Trinajstić information content (AvgIpc) is 2.37. The molecule has 0 aromatic rings. The largest absolute Gasteiger partial charge is 0.172 e. The Morgan fingerprint density at radius 2 is 2.25 bits per heavy atom. The standard InChI is InChI=1S/C7H8S/c8-7-3-1-2-4(5(2)7)6(3)7/h2-6,8H,1H2. The van der Waals surface area contributed by atoms with Crippen LogP contribution in [0.2, 0.25) is 0 Å². The topological polar surface area (TPSA) is 0 Å². The highest BCUT2D eigenvalue weighted by molar-refractivity contribution is 7.82. The summed E-state index contributed by atoms with van der Waals surface area (Å²) in [6.07, 6.45) is 1.56. The Hall–Kier alpha value is 0.350. The van der Waals surface area contributed by atoms with E-state index in [-0.39, 0.29) is 0 Å². The molecule has 0 heterocycles. The number of hydrogen-bond donors (Lipinski definition) is 1. The Bertz CT molecular complexity index is 180. The van der Waals surface area contributed by atoms with Crippen molar-refractivity contribution in [2.45, 2.75) is 11.2 Å². The van der Waals surface area contributed by atoms with Crippen LogP contribution in [0.5, 0.6) is 0 Å². The van der Waals surface area contributed by atoms with Gasteiger partial charge in [-0.3, -0.25) is 0 Å².